The number of Topliss-reactive ketones (excluding diaryl/α,β-unsaturated/α-hetero) is 1. The summed E-state index contributed by atoms with van der Waals surface area (Å²) in [6.07, 6.45) is 9.19. The lowest BCUT2D eigenvalue weighted by Crippen LogP contribution is -2.30. The van der Waals surface area contributed by atoms with Crippen LogP contribution in [-0.2, 0) is 0 Å². The number of ether oxygens (including phenoxy) is 4. The van der Waals surface area contributed by atoms with Gasteiger partial charge in [-0.05, 0) is 87.6 Å². The molecule has 2 aliphatic rings. The summed E-state index contributed by atoms with van der Waals surface area (Å²) in [6.45, 7) is 4.38. The van der Waals surface area contributed by atoms with Crippen molar-refractivity contribution < 1.29 is 23.7 Å². The van der Waals surface area contributed by atoms with Crippen molar-refractivity contribution in [2.75, 3.05) is 40.5 Å². The van der Waals surface area contributed by atoms with Gasteiger partial charge in [-0.2, -0.15) is 0 Å². The number of rotatable bonds is 10. The maximum atomic E-state index is 12.8. The van der Waals surface area contributed by atoms with Crippen LogP contribution in [0, 0.1) is 0 Å². The van der Waals surface area contributed by atoms with E-state index in [2.05, 4.69) is 4.90 Å². The number of carbonyl (C=O) groups is 1. The van der Waals surface area contributed by atoms with Crippen molar-refractivity contribution in [3.8, 4) is 23.0 Å². The standard InChI is InChI=1S/C27H33NO5/c1-30-23-12-9-20(17-25(23)31-2)18-26-27(29)22-11-10-21(19-24(22)33-26)32-16-8-4-7-15-28-13-5-3-6-14-28/h9-12,17-19H,3-8,13-16H2,1-2H3/b26-18+. The van der Waals surface area contributed by atoms with E-state index in [1.165, 1.54) is 45.3 Å². The molecule has 6 heteroatoms. The minimum Gasteiger partial charge on any atom is -0.493 e. The Morgan fingerprint density at radius 3 is 2.55 bits per heavy atom. The van der Waals surface area contributed by atoms with Gasteiger partial charge in [0.2, 0.25) is 5.78 Å². The quantitative estimate of drug-likeness (QED) is 0.358. The van der Waals surface area contributed by atoms with Crippen LogP contribution >= 0.6 is 0 Å². The number of likely N-dealkylation sites (tertiary alicyclic amines) is 1. The molecule has 0 radical (unpaired) electrons. The molecule has 0 amide bonds. The van der Waals surface area contributed by atoms with E-state index in [1.54, 1.807) is 38.5 Å². The predicted molar refractivity (Wildman–Crippen MR) is 129 cm³/mol. The Labute approximate surface area is 196 Å². The second-order valence-electron chi connectivity index (χ2n) is 8.52. The number of fused-ring (bicyclic) bond motifs is 1. The monoisotopic (exact) mass is 451 g/mol. The molecule has 6 nitrogen and oxygen atoms in total. The van der Waals surface area contributed by atoms with Gasteiger partial charge in [0.15, 0.2) is 17.3 Å². The molecule has 0 aromatic heterocycles. The average molecular weight is 452 g/mol. The predicted octanol–water partition coefficient (Wildman–Crippen LogP) is 5.36. The largest absolute Gasteiger partial charge is 0.493 e. The summed E-state index contributed by atoms with van der Waals surface area (Å²) in [6, 6.07) is 10.9. The van der Waals surface area contributed by atoms with Gasteiger partial charge in [-0.1, -0.05) is 12.5 Å². The van der Waals surface area contributed by atoms with Crippen LogP contribution in [-0.4, -0.2) is 51.1 Å². The minimum absolute atomic E-state index is 0.135. The van der Waals surface area contributed by atoms with Crippen molar-refractivity contribution >= 4 is 11.9 Å². The van der Waals surface area contributed by atoms with Crippen LogP contribution in [0.15, 0.2) is 42.2 Å². The van der Waals surface area contributed by atoms with Gasteiger partial charge < -0.3 is 23.8 Å². The highest BCUT2D eigenvalue weighted by Crippen LogP contribution is 2.36. The first-order chi connectivity index (χ1) is 16.2. The molecule has 2 aromatic carbocycles. The molecule has 0 saturated carbocycles. The summed E-state index contributed by atoms with van der Waals surface area (Å²) in [5.41, 5.74) is 1.35. The number of hydrogen-bond acceptors (Lipinski definition) is 6. The van der Waals surface area contributed by atoms with Gasteiger partial charge in [0.25, 0.3) is 0 Å². The summed E-state index contributed by atoms with van der Waals surface area (Å²) in [5, 5.41) is 0. The maximum Gasteiger partial charge on any atom is 0.231 e. The van der Waals surface area contributed by atoms with Crippen LogP contribution in [0.5, 0.6) is 23.0 Å². The summed E-state index contributed by atoms with van der Waals surface area (Å²) in [7, 11) is 3.17. The highest BCUT2D eigenvalue weighted by atomic mass is 16.5. The summed E-state index contributed by atoms with van der Waals surface area (Å²) < 4.78 is 22.4. The molecule has 1 fully saturated rings. The normalized spacial score (nSPS) is 17.0. The first kappa shape index (κ1) is 23.2. The molecule has 0 bridgehead atoms. The number of allylic oxidation sites excluding steroid dienone is 1. The molecule has 0 spiro atoms. The second kappa shape index (κ2) is 11.2. The van der Waals surface area contributed by atoms with Gasteiger partial charge in [0.05, 0.1) is 26.4 Å². The number of ketones is 1. The fourth-order valence-corrected chi connectivity index (χ4v) is 4.34. The lowest BCUT2D eigenvalue weighted by Gasteiger charge is -2.26. The Hall–Kier alpha value is -2.99. The van der Waals surface area contributed by atoms with Crippen molar-refractivity contribution in [3.63, 3.8) is 0 Å². The number of unbranched alkanes of at least 4 members (excludes halogenated alkanes) is 2. The molecule has 4 rings (SSSR count). The minimum atomic E-state index is -0.135. The Bertz CT molecular complexity index is 994. The fourth-order valence-electron chi connectivity index (χ4n) is 4.34. The maximum absolute atomic E-state index is 12.8. The summed E-state index contributed by atoms with van der Waals surface area (Å²) >= 11 is 0. The molecular weight excluding hydrogens is 418 g/mol. The zero-order chi connectivity index (χ0) is 23.0. The number of methoxy groups -OCH3 is 2. The number of piperidine rings is 1. The zero-order valence-corrected chi connectivity index (χ0v) is 19.6. The van der Waals surface area contributed by atoms with Gasteiger partial charge in [-0.3, -0.25) is 4.79 Å². The molecular formula is C27H33NO5. The third kappa shape index (κ3) is 5.88. The lowest BCUT2D eigenvalue weighted by molar-refractivity contribution is 0.101. The van der Waals surface area contributed by atoms with Gasteiger partial charge in [0, 0.05) is 6.07 Å². The number of hydrogen-bond donors (Lipinski definition) is 0. The molecule has 1 saturated heterocycles. The lowest BCUT2D eigenvalue weighted by atomic mass is 10.1. The van der Waals surface area contributed by atoms with E-state index in [-0.39, 0.29) is 11.5 Å². The van der Waals surface area contributed by atoms with E-state index >= 15 is 0 Å². The molecule has 0 N–H and O–H groups in total. The molecule has 0 unspecified atom stereocenters. The molecule has 33 heavy (non-hydrogen) atoms. The van der Waals surface area contributed by atoms with E-state index < -0.39 is 0 Å². The van der Waals surface area contributed by atoms with Crippen LogP contribution in [0.4, 0.5) is 0 Å². The molecule has 0 aliphatic carbocycles. The van der Waals surface area contributed by atoms with Crippen LogP contribution in [0.25, 0.3) is 6.08 Å². The van der Waals surface area contributed by atoms with Crippen LogP contribution in [0.1, 0.15) is 54.4 Å². The first-order valence-electron chi connectivity index (χ1n) is 11.8. The van der Waals surface area contributed by atoms with Crippen LogP contribution in [0.3, 0.4) is 0 Å². The summed E-state index contributed by atoms with van der Waals surface area (Å²) in [4.78, 5) is 15.3. The van der Waals surface area contributed by atoms with Crippen molar-refractivity contribution in [2.24, 2.45) is 0 Å². The Kier molecular flexibility index (Phi) is 7.89. The third-order valence-corrected chi connectivity index (χ3v) is 6.18. The van der Waals surface area contributed by atoms with Crippen LogP contribution in [0.2, 0.25) is 0 Å². The fraction of sp³-hybridized carbons (Fsp3) is 0.444. The number of nitrogens with zero attached hydrogens (tertiary/aromatic N) is 1. The molecule has 0 atom stereocenters. The van der Waals surface area contributed by atoms with Crippen molar-refractivity contribution in [1.29, 1.82) is 0 Å². The van der Waals surface area contributed by atoms with Gasteiger partial charge in [0.1, 0.15) is 11.5 Å². The van der Waals surface area contributed by atoms with Crippen molar-refractivity contribution in [1.82, 2.24) is 4.90 Å². The molecule has 2 aliphatic heterocycles. The Morgan fingerprint density at radius 1 is 0.939 bits per heavy atom. The second-order valence-corrected chi connectivity index (χ2v) is 8.52. The molecule has 176 valence electrons. The zero-order valence-electron chi connectivity index (χ0n) is 19.6. The Morgan fingerprint density at radius 2 is 1.76 bits per heavy atom. The average Bonchev–Trinajstić information content (AvgIpc) is 3.16. The van der Waals surface area contributed by atoms with Crippen LogP contribution < -0.4 is 18.9 Å². The highest BCUT2D eigenvalue weighted by molar-refractivity contribution is 6.14. The molecule has 2 heterocycles. The number of benzene rings is 2. The van der Waals surface area contributed by atoms with Gasteiger partial charge >= 0.3 is 0 Å². The van der Waals surface area contributed by atoms with E-state index in [0.29, 0.717) is 29.4 Å². The van der Waals surface area contributed by atoms with E-state index in [0.717, 1.165) is 24.2 Å². The first-order valence-corrected chi connectivity index (χ1v) is 11.8. The van der Waals surface area contributed by atoms with E-state index in [9.17, 15) is 4.79 Å². The van der Waals surface area contributed by atoms with Gasteiger partial charge in [-0.15, -0.1) is 0 Å². The van der Waals surface area contributed by atoms with Crippen molar-refractivity contribution in [3.05, 3.63) is 53.3 Å². The number of carbonyl (C=O) groups excluding carboxylic acids is 1. The molecule has 2 aromatic rings. The van der Waals surface area contributed by atoms with Crippen molar-refractivity contribution in [2.45, 2.75) is 38.5 Å². The summed E-state index contributed by atoms with van der Waals surface area (Å²) in [5.74, 6) is 2.65. The van der Waals surface area contributed by atoms with Gasteiger partial charge in [-0.25, -0.2) is 0 Å². The third-order valence-electron chi connectivity index (χ3n) is 6.18. The SMILES string of the molecule is COc1ccc(/C=C2/Oc3cc(OCCCCCN4CCCCC4)ccc3C2=O)cc1OC. The topological polar surface area (TPSA) is 57.2 Å². The van der Waals surface area contributed by atoms with E-state index in [4.69, 9.17) is 18.9 Å². The smallest absolute Gasteiger partial charge is 0.231 e. The Balaban J connectivity index is 1.29. The highest BCUT2D eigenvalue weighted by Gasteiger charge is 2.27. The van der Waals surface area contributed by atoms with E-state index in [1.807, 2.05) is 18.2 Å².